The average molecular weight is 321 g/mol. The van der Waals surface area contributed by atoms with Crippen LogP contribution in [0.25, 0.3) is 22.6 Å². The number of phenols is 1. The van der Waals surface area contributed by atoms with Crippen molar-refractivity contribution in [2.45, 2.75) is 0 Å². The van der Waals surface area contributed by atoms with E-state index in [1.54, 1.807) is 46.1 Å². The highest BCUT2D eigenvalue weighted by Crippen LogP contribution is 2.33. The van der Waals surface area contributed by atoms with Crippen molar-refractivity contribution >= 4 is 11.3 Å². The van der Waals surface area contributed by atoms with Crippen molar-refractivity contribution in [2.75, 3.05) is 0 Å². The lowest BCUT2D eigenvalue weighted by atomic mass is 10.2. The molecule has 0 saturated heterocycles. The van der Waals surface area contributed by atoms with Crippen molar-refractivity contribution in [1.29, 1.82) is 0 Å². The molecule has 0 atom stereocenters. The first kappa shape index (κ1) is 13.9. The number of pyridine rings is 1. The van der Waals surface area contributed by atoms with Gasteiger partial charge in [-0.05, 0) is 18.2 Å². The molecule has 1 aromatic carbocycles. The van der Waals surface area contributed by atoms with Crippen LogP contribution in [0, 0.1) is 10.1 Å². The number of rotatable bonds is 3. The average Bonchev–Trinajstić information content (AvgIpc) is 3.18. The van der Waals surface area contributed by atoms with E-state index in [1.165, 1.54) is 12.1 Å². The van der Waals surface area contributed by atoms with Gasteiger partial charge in [0.25, 0.3) is 0 Å². The lowest BCUT2D eigenvalue weighted by molar-refractivity contribution is -0.385. The third-order valence-corrected chi connectivity index (χ3v) is 3.74. The number of fused-ring (bicyclic) bond motifs is 1. The molecule has 0 aliphatic rings. The monoisotopic (exact) mass is 321 g/mol. The minimum absolute atomic E-state index is 0.294. The lowest BCUT2D eigenvalue weighted by Gasteiger charge is -2.10. The Labute approximate surface area is 135 Å². The minimum Gasteiger partial charge on any atom is -0.501 e. The summed E-state index contributed by atoms with van der Waals surface area (Å²) in [7, 11) is 0. The summed E-state index contributed by atoms with van der Waals surface area (Å²) < 4.78 is 3.38. The van der Waals surface area contributed by atoms with Gasteiger partial charge in [0.15, 0.2) is 5.65 Å². The van der Waals surface area contributed by atoms with Gasteiger partial charge in [0.05, 0.1) is 16.8 Å². The Morgan fingerprint density at radius 3 is 2.75 bits per heavy atom. The van der Waals surface area contributed by atoms with Gasteiger partial charge in [-0.15, -0.1) is 0 Å². The number of nitrogens with zero attached hydrogens (tertiary/aromatic N) is 5. The molecule has 4 rings (SSSR count). The van der Waals surface area contributed by atoms with E-state index in [0.29, 0.717) is 11.3 Å². The summed E-state index contributed by atoms with van der Waals surface area (Å²) in [6.45, 7) is 0. The molecule has 4 aromatic rings. The Hall–Kier alpha value is -3.68. The van der Waals surface area contributed by atoms with Gasteiger partial charge < -0.3 is 5.11 Å². The molecule has 0 spiro atoms. The molecule has 0 aliphatic heterocycles. The standard InChI is InChI=1S/C16H11N5O3/c22-16-12(4-1-5-13(16)21(23)24)19-8-6-15-18-10-14(20(15)19)11-3-2-7-17-9-11/h1-10,22H. The number of para-hydroxylation sites is 1. The van der Waals surface area contributed by atoms with E-state index in [9.17, 15) is 15.2 Å². The first-order chi connectivity index (χ1) is 11.7. The number of phenolic OH excluding ortho intramolecular Hbond substituents is 1. The van der Waals surface area contributed by atoms with Gasteiger partial charge in [0.2, 0.25) is 5.75 Å². The fourth-order valence-electron chi connectivity index (χ4n) is 2.65. The maximum absolute atomic E-state index is 11.1. The molecule has 0 unspecified atom stereocenters. The Kier molecular flexibility index (Phi) is 3.02. The van der Waals surface area contributed by atoms with Gasteiger partial charge in [-0.25, -0.2) is 9.50 Å². The van der Waals surface area contributed by atoms with Crippen LogP contribution in [0.3, 0.4) is 0 Å². The smallest absolute Gasteiger partial charge is 0.313 e. The van der Waals surface area contributed by atoms with E-state index >= 15 is 0 Å². The zero-order valence-corrected chi connectivity index (χ0v) is 12.3. The van der Waals surface area contributed by atoms with Crippen molar-refractivity contribution < 1.29 is 10.0 Å². The number of aromatic hydroxyl groups is 1. The third-order valence-electron chi connectivity index (χ3n) is 3.74. The van der Waals surface area contributed by atoms with Gasteiger partial charge in [-0.2, -0.15) is 0 Å². The molecule has 1 N–H and O–H groups in total. The molecule has 0 radical (unpaired) electrons. The zero-order chi connectivity index (χ0) is 16.7. The Morgan fingerprint density at radius 1 is 1.12 bits per heavy atom. The summed E-state index contributed by atoms with van der Waals surface area (Å²) in [4.78, 5) is 18.9. The summed E-state index contributed by atoms with van der Waals surface area (Å²) >= 11 is 0. The maximum atomic E-state index is 11.1. The Bertz CT molecular complexity index is 1050. The van der Waals surface area contributed by atoms with E-state index in [0.717, 1.165) is 11.3 Å². The summed E-state index contributed by atoms with van der Waals surface area (Å²) in [5, 5.41) is 21.3. The highest BCUT2D eigenvalue weighted by atomic mass is 16.6. The second-order valence-electron chi connectivity index (χ2n) is 5.12. The number of benzene rings is 1. The molecule has 0 bridgehead atoms. The van der Waals surface area contributed by atoms with Crippen LogP contribution in [0.1, 0.15) is 0 Å². The van der Waals surface area contributed by atoms with Crippen molar-refractivity contribution in [3.8, 4) is 22.7 Å². The number of hydrogen-bond donors (Lipinski definition) is 1. The first-order valence-corrected chi connectivity index (χ1v) is 7.09. The van der Waals surface area contributed by atoms with Gasteiger partial charge in [0, 0.05) is 36.3 Å². The normalized spacial score (nSPS) is 11.0. The SMILES string of the molecule is O=[N+]([O-])c1cccc(-n2ccc3ncc(-c4cccnc4)n32)c1O. The third kappa shape index (κ3) is 2.01. The van der Waals surface area contributed by atoms with Gasteiger partial charge >= 0.3 is 5.69 Å². The summed E-state index contributed by atoms with van der Waals surface area (Å²) in [6, 6.07) is 9.86. The number of hydrogen-bond acceptors (Lipinski definition) is 5. The van der Waals surface area contributed by atoms with Crippen LogP contribution >= 0.6 is 0 Å². The number of nitro benzene ring substituents is 1. The quantitative estimate of drug-likeness (QED) is 0.462. The Balaban J connectivity index is 1.98. The van der Waals surface area contributed by atoms with Crippen LogP contribution < -0.4 is 0 Å². The number of nitro groups is 1. The van der Waals surface area contributed by atoms with E-state index in [2.05, 4.69) is 9.97 Å². The highest BCUT2D eigenvalue weighted by Gasteiger charge is 2.20. The van der Waals surface area contributed by atoms with Crippen molar-refractivity contribution in [3.63, 3.8) is 0 Å². The zero-order valence-electron chi connectivity index (χ0n) is 12.3. The molecule has 8 heteroatoms. The fraction of sp³-hybridized carbons (Fsp3) is 0. The number of aromatic nitrogens is 4. The molecule has 0 amide bonds. The van der Waals surface area contributed by atoms with Gasteiger partial charge in [-0.1, -0.05) is 6.07 Å². The van der Waals surface area contributed by atoms with Crippen LogP contribution in [0.5, 0.6) is 5.75 Å². The molecule has 3 aromatic heterocycles. The van der Waals surface area contributed by atoms with E-state index < -0.39 is 10.7 Å². The van der Waals surface area contributed by atoms with Crippen molar-refractivity contribution in [1.82, 2.24) is 19.2 Å². The fourth-order valence-corrected chi connectivity index (χ4v) is 2.65. The molecular formula is C16H11N5O3. The first-order valence-electron chi connectivity index (χ1n) is 7.09. The molecule has 118 valence electrons. The van der Waals surface area contributed by atoms with Gasteiger partial charge in [-0.3, -0.25) is 19.8 Å². The molecule has 24 heavy (non-hydrogen) atoms. The molecular weight excluding hydrogens is 310 g/mol. The van der Waals surface area contributed by atoms with E-state index in [4.69, 9.17) is 0 Å². The molecule has 0 fully saturated rings. The molecule has 0 saturated carbocycles. The molecule has 3 heterocycles. The summed E-state index contributed by atoms with van der Waals surface area (Å²) in [5.41, 5.74) is 2.20. The predicted octanol–water partition coefficient (Wildman–Crippen LogP) is 2.80. The Morgan fingerprint density at radius 2 is 2.00 bits per heavy atom. The highest BCUT2D eigenvalue weighted by molar-refractivity contribution is 5.64. The maximum Gasteiger partial charge on any atom is 0.313 e. The summed E-state index contributed by atoms with van der Waals surface area (Å²) in [6.07, 6.45) is 6.76. The second kappa shape index (κ2) is 5.20. The largest absolute Gasteiger partial charge is 0.501 e. The van der Waals surface area contributed by atoms with Crippen LogP contribution in [0.15, 0.2) is 61.2 Å². The minimum atomic E-state index is -0.616. The van der Waals surface area contributed by atoms with Crippen LogP contribution in [0.4, 0.5) is 5.69 Å². The van der Waals surface area contributed by atoms with Crippen LogP contribution in [-0.4, -0.2) is 29.2 Å². The van der Waals surface area contributed by atoms with Crippen LogP contribution in [0.2, 0.25) is 0 Å². The predicted molar refractivity (Wildman–Crippen MR) is 86.1 cm³/mol. The second-order valence-corrected chi connectivity index (χ2v) is 5.12. The topological polar surface area (TPSA) is 98.5 Å². The number of imidazole rings is 1. The van der Waals surface area contributed by atoms with Crippen molar-refractivity contribution in [2.24, 2.45) is 0 Å². The summed E-state index contributed by atoms with van der Waals surface area (Å²) in [5.74, 6) is -0.397. The van der Waals surface area contributed by atoms with E-state index in [1.807, 2.05) is 12.1 Å². The van der Waals surface area contributed by atoms with Crippen molar-refractivity contribution in [3.05, 3.63) is 71.3 Å². The van der Waals surface area contributed by atoms with Gasteiger partial charge in [0.1, 0.15) is 5.69 Å². The lowest BCUT2D eigenvalue weighted by Crippen LogP contribution is -2.04. The molecule has 8 nitrogen and oxygen atoms in total. The van der Waals surface area contributed by atoms with E-state index in [-0.39, 0.29) is 5.69 Å². The van der Waals surface area contributed by atoms with Crippen LogP contribution in [-0.2, 0) is 0 Å². The molecule has 0 aliphatic carbocycles.